The van der Waals surface area contributed by atoms with Crippen LogP contribution in [0.5, 0.6) is 5.75 Å². The van der Waals surface area contributed by atoms with Crippen molar-refractivity contribution in [2.24, 2.45) is 0 Å². The molecule has 2 aromatic carbocycles. The zero-order valence-corrected chi connectivity index (χ0v) is 15.8. The fourth-order valence-corrected chi connectivity index (χ4v) is 3.17. The zero-order valence-electron chi connectivity index (χ0n) is 15.1. The van der Waals surface area contributed by atoms with Crippen molar-refractivity contribution in [2.45, 2.75) is 0 Å². The predicted octanol–water partition coefficient (Wildman–Crippen LogP) is 2.85. The van der Waals surface area contributed by atoms with Crippen LogP contribution in [0, 0.1) is 0 Å². The number of anilines is 1. The first-order valence-corrected chi connectivity index (χ1v) is 9.04. The molecule has 1 heterocycles. The second kappa shape index (κ2) is 8.77. The number of para-hydroxylation sites is 1. The zero-order chi connectivity index (χ0) is 19.2. The second-order valence-electron chi connectivity index (χ2n) is 6.12. The number of halogens is 1. The van der Waals surface area contributed by atoms with Gasteiger partial charge in [-0.15, -0.1) is 0 Å². The summed E-state index contributed by atoms with van der Waals surface area (Å²) in [5, 5.41) is 0.698. The highest BCUT2D eigenvalue weighted by atomic mass is 35.5. The van der Waals surface area contributed by atoms with E-state index in [1.54, 1.807) is 29.2 Å². The third-order valence-electron chi connectivity index (χ3n) is 4.45. The summed E-state index contributed by atoms with van der Waals surface area (Å²) >= 11 is 6.05. The molecule has 0 spiro atoms. The number of piperazine rings is 1. The van der Waals surface area contributed by atoms with E-state index in [9.17, 15) is 9.59 Å². The molecule has 2 aromatic rings. The fourth-order valence-electron chi connectivity index (χ4n) is 2.99. The maximum Gasteiger partial charge on any atom is 0.341 e. The lowest BCUT2D eigenvalue weighted by Gasteiger charge is -2.36. The molecule has 0 N–H and O–H groups in total. The Morgan fingerprint density at radius 3 is 2.48 bits per heavy atom. The molecular weight excluding hydrogens is 368 g/mol. The first-order valence-electron chi connectivity index (χ1n) is 8.67. The van der Waals surface area contributed by atoms with E-state index in [-0.39, 0.29) is 12.5 Å². The van der Waals surface area contributed by atoms with Gasteiger partial charge in [0, 0.05) is 36.9 Å². The van der Waals surface area contributed by atoms with Gasteiger partial charge in [0.2, 0.25) is 0 Å². The number of carbonyl (C=O) groups excluding carboxylic acids is 2. The molecule has 0 unspecified atom stereocenters. The van der Waals surface area contributed by atoms with Crippen molar-refractivity contribution in [3.05, 3.63) is 59.1 Å². The summed E-state index contributed by atoms with van der Waals surface area (Å²) in [6.45, 7) is 2.54. The molecule has 0 saturated carbocycles. The third-order valence-corrected chi connectivity index (χ3v) is 4.68. The van der Waals surface area contributed by atoms with Crippen molar-refractivity contribution in [1.82, 2.24) is 4.90 Å². The average molecular weight is 389 g/mol. The highest BCUT2D eigenvalue weighted by molar-refractivity contribution is 6.30. The van der Waals surface area contributed by atoms with Gasteiger partial charge in [-0.3, -0.25) is 4.79 Å². The first-order chi connectivity index (χ1) is 13.1. The number of hydrogen-bond donors (Lipinski definition) is 0. The van der Waals surface area contributed by atoms with Crippen molar-refractivity contribution in [3.63, 3.8) is 0 Å². The molecule has 0 aromatic heterocycles. The van der Waals surface area contributed by atoms with Gasteiger partial charge >= 0.3 is 5.97 Å². The number of ether oxygens (including phenoxy) is 2. The Morgan fingerprint density at radius 2 is 1.78 bits per heavy atom. The monoisotopic (exact) mass is 388 g/mol. The number of nitrogens with zero attached hydrogens (tertiary/aromatic N) is 2. The van der Waals surface area contributed by atoms with Gasteiger partial charge in [0.15, 0.2) is 6.61 Å². The Kier molecular flexibility index (Phi) is 6.19. The highest BCUT2D eigenvalue weighted by Crippen LogP contribution is 2.21. The summed E-state index contributed by atoms with van der Waals surface area (Å²) in [6.07, 6.45) is 0. The van der Waals surface area contributed by atoms with Crippen molar-refractivity contribution >= 4 is 29.2 Å². The van der Waals surface area contributed by atoms with E-state index in [4.69, 9.17) is 21.1 Å². The van der Waals surface area contributed by atoms with Crippen LogP contribution in [0.4, 0.5) is 5.69 Å². The van der Waals surface area contributed by atoms with Crippen LogP contribution in [0.2, 0.25) is 5.02 Å². The molecule has 0 radical (unpaired) electrons. The van der Waals surface area contributed by atoms with Gasteiger partial charge in [0.25, 0.3) is 5.91 Å². The summed E-state index contributed by atoms with van der Waals surface area (Å²) in [6, 6.07) is 14.4. The van der Waals surface area contributed by atoms with E-state index in [0.29, 0.717) is 29.4 Å². The van der Waals surface area contributed by atoms with Gasteiger partial charge in [-0.05, 0) is 30.3 Å². The van der Waals surface area contributed by atoms with Crippen molar-refractivity contribution in [3.8, 4) is 5.75 Å². The lowest BCUT2D eigenvalue weighted by molar-refractivity contribution is -0.133. The topological polar surface area (TPSA) is 59.1 Å². The SMILES string of the molecule is COC(=O)c1ccccc1OCC(=O)N1CCN(c2cccc(Cl)c2)CC1. The standard InChI is InChI=1S/C20H21ClN2O4/c1-26-20(25)17-7-2-3-8-18(17)27-14-19(24)23-11-9-22(10-12-23)16-6-4-5-15(21)13-16/h2-8,13H,9-12,14H2,1H3. The van der Waals surface area contributed by atoms with Crippen LogP contribution >= 0.6 is 11.6 Å². The predicted molar refractivity (Wildman–Crippen MR) is 104 cm³/mol. The molecule has 1 saturated heterocycles. The van der Waals surface area contributed by atoms with Gasteiger partial charge < -0.3 is 19.3 Å². The molecule has 0 atom stereocenters. The molecule has 6 nitrogen and oxygen atoms in total. The fraction of sp³-hybridized carbons (Fsp3) is 0.300. The lowest BCUT2D eigenvalue weighted by Crippen LogP contribution is -2.50. The van der Waals surface area contributed by atoms with E-state index in [1.807, 2.05) is 24.3 Å². The summed E-state index contributed by atoms with van der Waals surface area (Å²) in [7, 11) is 1.31. The largest absolute Gasteiger partial charge is 0.483 e. The molecule has 142 valence electrons. The third kappa shape index (κ3) is 4.71. The molecule has 1 aliphatic rings. The number of hydrogen-bond acceptors (Lipinski definition) is 5. The molecule has 1 amide bonds. The number of rotatable bonds is 5. The van der Waals surface area contributed by atoms with E-state index in [1.165, 1.54) is 7.11 Å². The van der Waals surface area contributed by atoms with Crippen LogP contribution in [-0.2, 0) is 9.53 Å². The molecule has 3 rings (SSSR count). The highest BCUT2D eigenvalue weighted by Gasteiger charge is 2.22. The lowest BCUT2D eigenvalue weighted by atomic mass is 10.2. The first kappa shape index (κ1) is 19.0. The number of carbonyl (C=O) groups is 2. The van der Waals surface area contributed by atoms with E-state index in [2.05, 4.69) is 4.90 Å². The van der Waals surface area contributed by atoms with Gasteiger partial charge in [0.1, 0.15) is 11.3 Å². The van der Waals surface area contributed by atoms with Crippen molar-refractivity contribution < 1.29 is 19.1 Å². The molecule has 0 aliphatic carbocycles. The molecule has 27 heavy (non-hydrogen) atoms. The Labute approximate surface area is 163 Å². The molecule has 1 aliphatic heterocycles. The average Bonchev–Trinajstić information content (AvgIpc) is 2.71. The number of esters is 1. The van der Waals surface area contributed by atoms with Crippen molar-refractivity contribution in [1.29, 1.82) is 0 Å². The minimum atomic E-state index is -0.492. The quantitative estimate of drug-likeness (QED) is 0.737. The van der Waals surface area contributed by atoms with E-state index < -0.39 is 5.97 Å². The Balaban J connectivity index is 1.54. The van der Waals surface area contributed by atoms with E-state index >= 15 is 0 Å². The van der Waals surface area contributed by atoms with Crippen LogP contribution < -0.4 is 9.64 Å². The Morgan fingerprint density at radius 1 is 1.04 bits per heavy atom. The van der Waals surface area contributed by atoms with Crippen LogP contribution in [0.15, 0.2) is 48.5 Å². The number of methoxy groups -OCH3 is 1. The number of benzene rings is 2. The summed E-state index contributed by atoms with van der Waals surface area (Å²) in [4.78, 5) is 28.2. The van der Waals surface area contributed by atoms with Gasteiger partial charge in [-0.25, -0.2) is 4.79 Å². The van der Waals surface area contributed by atoms with Crippen LogP contribution in [0.3, 0.4) is 0 Å². The van der Waals surface area contributed by atoms with Crippen LogP contribution in [0.1, 0.15) is 10.4 Å². The van der Waals surface area contributed by atoms with Crippen LogP contribution in [0.25, 0.3) is 0 Å². The summed E-state index contributed by atoms with van der Waals surface area (Å²) in [5.74, 6) is -0.260. The van der Waals surface area contributed by atoms with Gasteiger partial charge in [0.05, 0.1) is 7.11 Å². The molecule has 1 fully saturated rings. The van der Waals surface area contributed by atoms with Gasteiger partial charge in [-0.2, -0.15) is 0 Å². The smallest absolute Gasteiger partial charge is 0.341 e. The Bertz CT molecular complexity index is 819. The minimum absolute atomic E-state index is 0.111. The second-order valence-corrected chi connectivity index (χ2v) is 6.56. The normalized spacial score (nSPS) is 14.0. The molecule has 0 bridgehead atoms. The summed E-state index contributed by atoms with van der Waals surface area (Å²) in [5.41, 5.74) is 1.36. The van der Waals surface area contributed by atoms with Crippen LogP contribution in [-0.4, -0.2) is 56.7 Å². The maximum absolute atomic E-state index is 12.5. The maximum atomic E-state index is 12.5. The molecular formula is C20H21ClN2O4. The van der Waals surface area contributed by atoms with E-state index in [0.717, 1.165) is 18.8 Å². The Hall–Kier alpha value is -2.73. The molecule has 7 heteroatoms. The van der Waals surface area contributed by atoms with Crippen molar-refractivity contribution in [2.75, 3.05) is 44.8 Å². The minimum Gasteiger partial charge on any atom is -0.483 e. The summed E-state index contributed by atoms with van der Waals surface area (Å²) < 4.78 is 10.3. The van der Waals surface area contributed by atoms with Gasteiger partial charge in [-0.1, -0.05) is 29.8 Å². The number of amides is 1.